The molecule has 1 heterocycles. The van der Waals surface area contributed by atoms with Crippen molar-refractivity contribution in [2.45, 2.75) is 50.2 Å². The maximum atomic E-state index is 12.5. The Morgan fingerprint density at radius 1 is 1.43 bits per heavy atom. The van der Waals surface area contributed by atoms with Crippen molar-refractivity contribution < 1.29 is 13.2 Å². The normalized spacial score (nSPS) is 22.2. The van der Waals surface area contributed by atoms with Crippen LogP contribution >= 0.6 is 11.6 Å². The summed E-state index contributed by atoms with van der Waals surface area (Å²) in [5.74, 6) is 0. The van der Waals surface area contributed by atoms with E-state index in [-0.39, 0.29) is 16.5 Å². The molecule has 0 bridgehead atoms. The summed E-state index contributed by atoms with van der Waals surface area (Å²) in [7, 11) is -3.64. The molecule has 1 saturated heterocycles. The van der Waals surface area contributed by atoms with Gasteiger partial charge in [0, 0.05) is 23.4 Å². The monoisotopic (exact) mass is 332 g/mol. The maximum Gasteiger partial charge on any atom is 0.240 e. The summed E-state index contributed by atoms with van der Waals surface area (Å²) in [5.41, 5.74) is 6.53. The molecule has 21 heavy (non-hydrogen) atoms. The molecule has 1 fully saturated rings. The molecule has 1 atom stereocenters. The number of nitrogens with one attached hydrogen (secondary N) is 1. The lowest BCUT2D eigenvalue weighted by atomic mass is 9.95. The molecular formula is C14H21ClN2O3S. The van der Waals surface area contributed by atoms with Crippen molar-refractivity contribution >= 4 is 27.3 Å². The first-order valence-corrected chi connectivity index (χ1v) is 8.69. The van der Waals surface area contributed by atoms with Gasteiger partial charge in [-0.05, 0) is 51.3 Å². The summed E-state index contributed by atoms with van der Waals surface area (Å²) in [6, 6.07) is 2.72. The molecule has 118 valence electrons. The minimum absolute atomic E-state index is 0.0971. The van der Waals surface area contributed by atoms with E-state index in [1.807, 2.05) is 13.8 Å². The number of nitrogens with two attached hydrogens (primary N) is 1. The average molecular weight is 333 g/mol. The summed E-state index contributed by atoms with van der Waals surface area (Å²) in [6.07, 6.45) is 1.28. The standard InChI is InChI=1S/C14H21ClN2O3S/c1-9-12(15)6-11(7-13(9)16)21(18,19)17-10-4-5-20-14(2,3)8-10/h6-7,10,17H,4-5,8,16H2,1-3H3. The molecule has 1 aromatic rings. The van der Waals surface area contributed by atoms with Crippen molar-refractivity contribution in [2.24, 2.45) is 0 Å². The lowest BCUT2D eigenvalue weighted by Gasteiger charge is -2.35. The highest BCUT2D eigenvalue weighted by atomic mass is 35.5. The van der Waals surface area contributed by atoms with E-state index in [9.17, 15) is 8.42 Å². The SMILES string of the molecule is Cc1c(N)cc(S(=O)(=O)NC2CCOC(C)(C)C2)cc1Cl. The van der Waals surface area contributed by atoms with Gasteiger partial charge in [-0.2, -0.15) is 0 Å². The fourth-order valence-electron chi connectivity index (χ4n) is 2.45. The number of hydrogen-bond donors (Lipinski definition) is 2. The van der Waals surface area contributed by atoms with Gasteiger partial charge < -0.3 is 10.5 Å². The fourth-order valence-corrected chi connectivity index (χ4v) is 4.07. The fraction of sp³-hybridized carbons (Fsp3) is 0.571. The Balaban J connectivity index is 2.23. The Kier molecular flexibility index (Phi) is 4.54. The first kappa shape index (κ1) is 16.5. The largest absolute Gasteiger partial charge is 0.398 e. The van der Waals surface area contributed by atoms with Crippen LogP contribution in [0.3, 0.4) is 0 Å². The molecule has 0 spiro atoms. The molecule has 1 aliphatic rings. The number of nitrogen functional groups attached to an aromatic ring is 1. The zero-order chi connectivity index (χ0) is 15.8. The van der Waals surface area contributed by atoms with Crippen LogP contribution in [0.25, 0.3) is 0 Å². The zero-order valence-electron chi connectivity index (χ0n) is 12.4. The van der Waals surface area contributed by atoms with Crippen LogP contribution in [0, 0.1) is 6.92 Å². The predicted molar refractivity (Wildman–Crippen MR) is 84.0 cm³/mol. The summed E-state index contributed by atoms with van der Waals surface area (Å²) in [5, 5.41) is 0.350. The molecular weight excluding hydrogens is 312 g/mol. The molecule has 2 rings (SSSR count). The number of halogens is 1. The number of rotatable bonds is 3. The first-order chi connectivity index (χ1) is 9.61. The third-order valence-corrected chi connectivity index (χ3v) is 5.58. The van der Waals surface area contributed by atoms with Crippen LogP contribution in [0.15, 0.2) is 17.0 Å². The summed E-state index contributed by atoms with van der Waals surface area (Å²) >= 11 is 6.02. The second kappa shape index (κ2) is 5.76. The Bertz CT molecular complexity index is 621. The molecule has 0 radical (unpaired) electrons. The molecule has 0 saturated carbocycles. The number of hydrogen-bond acceptors (Lipinski definition) is 4. The Morgan fingerprint density at radius 3 is 2.67 bits per heavy atom. The van der Waals surface area contributed by atoms with Crippen molar-refractivity contribution in [2.75, 3.05) is 12.3 Å². The van der Waals surface area contributed by atoms with E-state index in [2.05, 4.69) is 4.72 Å². The molecule has 0 aromatic heterocycles. The van der Waals surface area contributed by atoms with Gasteiger partial charge >= 0.3 is 0 Å². The van der Waals surface area contributed by atoms with Crippen LogP contribution < -0.4 is 10.5 Å². The molecule has 3 N–H and O–H groups in total. The van der Waals surface area contributed by atoms with E-state index in [1.54, 1.807) is 6.92 Å². The van der Waals surface area contributed by atoms with Crippen LogP contribution in [0.2, 0.25) is 5.02 Å². The van der Waals surface area contributed by atoms with E-state index in [1.165, 1.54) is 12.1 Å². The number of anilines is 1. The first-order valence-electron chi connectivity index (χ1n) is 6.83. The highest BCUT2D eigenvalue weighted by molar-refractivity contribution is 7.89. The van der Waals surface area contributed by atoms with Gasteiger partial charge in [-0.15, -0.1) is 0 Å². The Morgan fingerprint density at radius 2 is 2.10 bits per heavy atom. The van der Waals surface area contributed by atoms with Gasteiger partial charge in [-0.1, -0.05) is 11.6 Å². The third-order valence-electron chi connectivity index (χ3n) is 3.69. The quantitative estimate of drug-likeness (QED) is 0.833. The molecule has 7 heteroatoms. The maximum absolute atomic E-state index is 12.5. The zero-order valence-corrected chi connectivity index (χ0v) is 14.0. The average Bonchev–Trinajstić information content (AvgIpc) is 2.33. The smallest absolute Gasteiger partial charge is 0.240 e. The predicted octanol–water partition coefficient (Wildman–Crippen LogP) is 2.47. The van der Waals surface area contributed by atoms with Crippen LogP contribution in [0.5, 0.6) is 0 Å². The molecule has 1 aliphatic heterocycles. The van der Waals surface area contributed by atoms with Gasteiger partial charge in [0.2, 0.25) is 10.0 Å². The molecule has 0 aliphatic carbocycles. The highest BCUT2D eigenvalue weighted by Gasteiger charge is 2.31. The van der Waals surface area contributed by atoms with Gasteiger partial charge in [0.1, 0.15) is 0 Å². The van der Waals surface area contributed by atoms with Crippen LogP contribution in [0.1, 0.15) is 32.3 Å². The van der Waals surface area contributed by atoms with E-state index in [0.717, 1.165) is 0 Å². The second-order valence-corrected chi connectivity index (χ2v) is 8.16. The van der Waals surface area contributed by atoms with Gasteiger partial charge in [-0.25, -0.2) is 13.1 Å². The minimum Gasteiger partial charge on any atom is -0.398 e. The van der Waals surface area contributed by atoms with Crippen molar-refractivity contribution in [1.82, 2.24) is 4.72 Å². The van der Waals surface area contributed by atoms with E-state index in [0.29, 0.717) is 35.7 Å². The van der Waals surface area contributed by atoms with Crippen molar-refractivity contribution in [3.8, 4) is 0 Å². The number of sulfonamides is 1. The van der Waals surface area contributed by atoms with Crippen molar-refractivity contribution in [1.29, 1.82) is 0 Å². The third kappa shape index (κ3) is 3.88. The van der Waals surface area contributed by atoms with E-state index >= 15 is 0 Å². The molecule has 1 aromatic carbocycles. The number of benzene rings is 1. The van der Waals surface area contributed by atoms with Crippen LogP contribution in [-0.2, 0) is 14.8 Å². The Labute approximate surface area is 130 Å². The molecule has 0 amide bonds. The topological polar surface area (TPSA) is 81.4 Å². The van der Waals surface area contributed by atoms with Gasteiger partial charge in [-0.3, -0.25) is 0 Å². The highest BCUT2D eigenvalue weighted by Crippen LogP contribution is 2.28. The van der Waals surface area contributed by atoms with Crippen LogP contribution in [-0.4, -0.2) is 26.7 Å². The minimum atomic E-state index is -3.64. The Hall–Kier alpha value is -0.820. The van der Waals surface area contributed by atoms with Crippen molar-refractivity contribution in [3.63, 3.8) is 0 Å². The molecule has 1 unspecified atom stereocenters. The number of ether oxygens (including phenoxy) is 1. The van der Waals surface area contributed by atoms with Gasteiger partial charge in [0.25, 0.3) is 0 Å². The second-order valence-electron chi connectivity index (χ2n) is 6.04. The summed E-state index contributed by atoms with van der Waals surface area (Å²) < 4.78 is 33.2. The van der Waals surface area contributed by atoms with E-state index < -0.39 is 10.0 Å². The summed E-state index contributed by atoms with van der Waals surface area (Å²) in [6.45, 7) is 6.20. The van der Waals surface area contributed by atoms with Crippen molar-refractivity contribution in [3.05, 3.63) is 22.7 Å². The summed E-state index contributed by atoms with van der Waals surface area (Å²) in [4.78, 5) is 0.0971. The lowest BCUT2D eigenvalue weighted by molar-refractivity contribution is -0.0599. The van der Waals surface area contributed by atoms with E-state index in [4.69, 9.17) is 22.1 Å². The molecule has 5 nitrogen and oxygen atoms in total. The van der Waals surface area contributed by atoms with Gasteiger partial charge in [0.05, 0.1) is 10.5 Å². The van der Waals surface area contributed by atoms with Gasteiger partial charge in [0.15, 0.2) is 0 Å². The lowest BCUT2D eigenvalue weighted by Crippen LogP contribution is -2.45. The van der Waals surface area contributed by atoms with Crippen LogP contribution in [0.4, 0.5) is 5.69 Å².